The number of aryl methyl sites for hydroxylation is 3. The predicted octanol–water partition coefficient (Wildman–Crippen LogP) is 4.18. The number of hydrogen-bond donors (Lipinski definition) is 1. The molecule has 0 aliphatic heterocycles. The van der Waals surface area contributed by atoms with E-state index in [1.807, 2.05) is 6.92 Å². The summed E-state index contributed by atoms with van der Waals surface area (Å²) in [4.78, 5) is 12.5. The average molecular weight is 415 g/mol. The maximum absolute atomic E-state index is 12.9. The maximum atomic E-state index is 12.9. The normalized spacial score (nSPS) is 11.7. The summed E-state index contributed by atoms with van der Waals surface area (Å²) in [6, 6.07) is 8.44. The molecule has 8 heteroatoms. The summed E-state index contributed by atoms with van der Waals surface area (Å²) in [6.07, 6.45) is 0. The molecular formula is C18H20Cl2N2O3S. The van der Waals surface area contributed by atoms with E-state index in [2.05, 4.69) is 5.32 Å². The van der Waals surface area contributed by atoms with Crippen molar-refractivity contribution in [1.29, 1.82) is 0 Å². The Morgan fingerprint density at radius 3 is 2.27 bits per heavy atom. The Kier molecular flexibility index (Phi) is 6.34. The molecule has 0 aliphatic carbocycles. The Bertz CT molecular complexity index is 936. The molecule has 0 spiro atoms. The van der Waals surface area contributed by atoms with Gasteiger partial charge < -0.3 is 5.32 Å². The van der Waals surface area contributed by atoms with E-state index in [1.165, 1.54) is 7.05 Å². The van der Waals surface area contributed by atoms with Crippen LogP contribution in [0.1, 0.15) is 16.7 Å². The standard InChI is InChI=1S/C18H20Cl2N2O3S/c1-11-8-12(2)18(13(3)9-11)26(24,25)22(4)10-16(23)21-15-7-5-6-14(19)17(15)20/h5-9H,10H2,1-4H3,(H,21,23). The van der Waals surface area contributed by atoms with Crippen LogP contribution in [0.4, 0.5) is 5.69 Å². The topological polar surface area (TPSA) is 66.5 Å². The molecule has 0 atom stereocenters. The number of carbonyl (C=O) groups is 1. The number of amides is 1. The van der Waals surface area contributed by atoms with Gasteiger partial charge in [0.1, 0.15) is 0 Å². The van der Waals surface area contributed by atoms with E-state index in [4.69, 9.17) is 23.2 Å². The molecule has 0 heterocycles. The molecule has 1 N–H and O–H groups in total. The lowest BCUT2D eigenvalue weighted by molar-refractivity contribution is -0.116. The highest BCUT2D eigenvalue weighted by atomic mass is 35.5. The van der Waals surface area contributed by atoms with E-state index in [0.717, 1.165) is 9.87 Å². The number of hydrogen-bond acceptors (Lipinski definition) is 3. The molecule has 0 bridgehead atoms. The number of halogens is 2. The van der Waals surface area contributed by atoms with Crippen LogP contribution >= 0.6 is 23.2 Å². The number of nitrogens with one attached hydrogen (secondary N) is 1. The first-order valence-corrected chi connectivity index (χ1v) is 10.0. The van der Waals surface area contributed by atoms with Crippen LogP contribution in [0.3, 0.4) is 0 Å². The SMILES string of the molecule is Cc1cc(C)c(S(=O)(=O)N(C)CC(=O)Nc2cccc(Cl)c2Cl)c(C)c1. The van der Waals surface area contributed by atoms with E-state index >= 15 is 0 Å². The number of carbonyl (C=O) groups excluding carboxylic acids is 1. The largest absolute Gasteiger partial charge is 0.324 e. The van der Waals surface area contributed by atoms with Gasteiger partial charge in [-0.05, 0) is 44.0 Å². The van der Waals surface area contributed by atoms with E-state index in [9.17, 15) is 13.2 Å². The van der Waals surface area contributed by atoms with Crippen molar-refractivity contribution in [3.8, 4) is 0 Å². The van der Waals surface area contributed by atoms with Crippen molar-refractivity contribution in [3.63, 3.8) is 0 Å². The molecule has 0 saturated carbocycles. The highest BCUT2D eigenvalue weighted by molar-refractivity contribution is 7.89. The zero-order valence-corrected chi connectivity index (χ0v) is 17.3. The first-order valence-electron chi connectivity index (χ1n) is 7.82. The van der Waals surface area contributed by atoms with Crippen molar-refractivity contribution in [1.82, 2.24) is 4.31 Å². The lowest BCUT2D eigenvalue weighted by Gasteiger charge is -2.20. The fraction of sp³-hybridized carbons (Fsp3) is 0.278. The molecule has 2 aromatic carbocycles. The van der Waals surface area contributed by atoms with E-state index < -0.39 is 15.9 Å². The van der Waals surface area contributed by atoms with Gasteiger partial charge in [-0.3, -0.25) is 4.79 Å². The van der Waals surface area contributed by atoms with Gasteiger partial charge in [0, 0.05) is 7.05 Å². The maximum Gasteiger partial charge on any atom is 0.243 e. The summed E-state index contributed by atoms with van der Waals surface area (Å²) in [6.45, 7) is 5.04. The van der Waals surface area contributed by atoms with E-state index in [0.29, 0.717) is 21.8 Å². The Hall–Kier alpha value is -1.60. The minimum atomic E-state index is -3.81. The third-order valence-corrected chi connectivity index (χ3v) is 6.79. The monoisotopic (exact) mass is 414 g/mol. The number of likely N-dealkylation sites (N-methyl/N-ethyl adjacent to an activating group) is 1. The molecule has 2 aromatic rings. The molecule has 0 saturated heterocycles. The fourth-order valence-electron chi connectivity index (χ4n) is 2.81. The second-order valence-electron chi connectivity index (χ2n) is 6.14. The van der Waals surface area contributed by atoms with Crippen molar-refractivity contribution in [2.45, 2.75) is 25.7 Å². The predicted molar refractivity (Wildman–Crippen MR) is 106 cm³/mol. The summed E-state index contributed by atoms with van der Waals surface area (Å²) in [5.41, 5.74) is 2.60. The van der Waals surface area contributed by atoms with E-state index in [-0.39, 0.29) is 16.5 Å². The quantitative estimate of drug-likeness (QED) is 0.797. The smallest absolute Gasteiger partial charge is 0.243 e. The number of rotatable bonds is 5. The van der Waals surface area contributed by atoms with Gasteiger partial charge >= 0.3 is 0 Å². The average Bonchev–Trinajstić information content (AvgIpc) is 2.50. The molecule has 0 aliphatic rings. The summed E-state index contributed by atoms with van der Waals surface area (Å²) in [7, 11) is -2.44. The molecule has 140 valence electrons. The third-order valence-electron chi connectivity index (χ3n) is 3.86. The number of anilines is 1. The van der Waals surface area contributed by atoms with Gasteiger partial charge in [0.15, 0.2) is 0 Å². The van der Waals surface area contributed by atoms with Crippen molar-refractivity contribution in [2.24, 2.45) is 0 Å². The molecule has 0 aromatic heterocycles. The minimum absolute atomic E-state index is 0.207. The van der Waals surface area contributed by atoms with Gasteiger partial charge in [-0.25, -0.2) is 8.42 Å². The van der Waals surface area contributed by atoms with Gasteiger partial charge in [0.25, 0.3) is 0 Å². The molecule has 2 rings (SSSR count). The molecule has 0 radical (unpaired) electrons. The Morgan fingerprint density at radius 2 is 1.69 bits per heavy atom. The Morgan fingerprint density at radius 1 is 1.12 bits per heavy atom. The van der Waals surface area contributed by atoms with Crippen LogP contribution in [0.5, 0.6) is 0 Å². The second kappa shape index (κ2) is 7.96. The second-order valence-corrected chi connectivity index (χ2v) is 8.91. The lowest BCUT2D eigenvalue weighted by Crippen LogP contribution is -2.35. The van der Waals surface area contributed by atoms with Gasteiger partial charge in [0.2, 0.25) is 15.9 Å². The molecule has 26 heavy (non-hydrogen) atoms. The number of nitrogens with zero attached hydrogens (tertiary/aromatic N) is 1. The van der Waals surface area contributed by atoms with Crippen LogP contribution in [0, 0.1) is 20.8 Å². The van der Waals surface area contributed by atoms with Crippen molar-refractivity contribution in [3.05, 3.63) is 57.1 Å². The zero-order chi connectivity index (χ0) is 19.6. The van der Waals surface area contributed by atoms with Crippen LogP contribution in [0.15, 0.2) is 35.2 Å². The molecule has 0 fully saturated rings. The molecule has 0 unspecified atom stereocenters. The zero-order valence-electron chi connectivity index (χ0n) is 14.9. The van der Waals surface area contributed by atoms with E-state index in [1.54, 1.807) is 44.2 Å². The first kappa shape index (κ1) is 20.7. The Balaban J connectivity index is 2.22. The molecular weight excluding hydrogens is 395 g/mol. The van der Waals surface area contributed by atoms with Crippen LogP contribution < -0.4 is 5.32 Å². The van der Waals surface area contributed by atoms with Crippen LogP contribution in [0.25, 0.3) is 0 Å². The summed E-state index contributed by atoms with van der Waals surface area (Å²) in [5, 5.41) is 3.09. The summed E-state index contributed by atoms with van der Waals surface area (Å²) in [5.74, 6) is -0.511. The number of benzene rings is 2. The van der Waals surface area contributed by atoms with Gasteiger partial charge in [-0.1, -0.05) is 47.0 Å². The summed E-state index contributed by atoms with van der Waals surface area (Å²) < 4.78 is 26.8. The van der Waals surface area contributed by atoms with Crippen molar-refractivity contribution < 1.29 is 13.2 Å². The van der Waals surface area contributed by atoms with Crippen LogP contribution in [-0.4, -0.2) is 32.2 Å². The van der Waals surface area contributed by atoms with Crippen LogP contribution in [0.2, 0.25) is 10.0 Å². The van der Waals surface area contributed by atoms with Crippen LogP contribution in [-0.2, 0) is 14.8 Å². The number of sulfonamides is 1. The first-order chi connectivity index (χ1) is 12.0. The Labute approximate surface area is 164 Å². The lowest BCUT2D eigenvalue weighted by atomic mass is 10.1. The van der Waals surface area contributed by atoms with Gasteiger partial charge in [0.05, 0.1) is 27.2 Å². The van der Waals surface area contributed by atoms with Crippen molar-refractivity contribution >= 4 is 44.8 Å². The highest BCUT2D eigenvalue weighted by Crippen LogP contribution is 2.29. The molecule has 1 amide bonds. The highest BCUT2D eigenvalue weighted by Gasteiger charge is 2.26. The van der Waals surface area contributed by atoms with Gasteiger partial charge in [-0.2, -0.15) is 4.31 Å². The van der Waals surface area contributed by atoms with Gasteiger partial charge in [-0.15, -0.1) is 0 Å². The minimum Gasteiger partial charge on any atom is -0.324 e. The third kappa shape index (κ3) is 4.38. The molecule has 5 nitrogen and oxygen atoms in total. The fourth-order valence-corrected chi connectivity index (χ4v) is 4.69. The summed E-state index contributed by atoms with van der Waals surface area (Å²) >= 11 is 12.0. The van der Waals surface area contributed by atoms with Crippen molar-refractivity contribution in [2.75, 3.05) is 18.9 Å².